The smallest absolute Gasteiger partial charge is 0.0697 e. The third-order valence-electron chi connectivity index (χ3n) is 5.82. The minimum atomic E-state index is 0.268. The molecule has 1 unspecified atom stereocenters. The van der Waals surface area contributed by atoms with E-state index >= 15 is 0 Å². The first-order chi connectivity index (χ1) is 9.07. The topological polar surface area (TPSA) is 21.3 Å². The second-order valence-corrected chi connectivity index (χ2v) is 8.03. The molecule has 1 N–H and O–H groups in total. The van der Waals surface area contributed by atoms with Gasteiger partial charge in [0.25, 0.3) is 0 Å². The molecule has 1 atom stereocenters. The quantitative estimate of drug-likeness (QED) is 0.813. The molecule has 1 saturated heterocycles. The van der Waals surface area contributed by atoms with E-state index in [0.29, 0.717) is 5.41 Å². The van der Waals surface area contributed by atoms with Crippen LogP contribution in [0.25, 0.3) is 0 Å². The van der Waals surface area contributed by atoms with E-state index in [0.717, 1.165) is 18.7 Å². The van der Waals surface area contributed by atoms with Crippen LogP contribution >= 0.6 is 0 Å². The van der Waals surface area contributed by atoms with Crippen LogP contribution in [0.4, 0.5) is 0 Å². The lowest BCUT2D eigenvalue weighted by Crippen LogP contribution is -2.49. The van der Waals surface area contributed by atoms with Crippen LogP contribution in [0.5, 0.6) is 0 Å². The van der Waals surface area contributed by atoms with Crippen molar-refractivity contribution in [1.29, 1.82) is 0 Å². The van der Waals surface area contributed by atoms with Crippen molar-refractivity contribution >= 4 is 0 Å². The Morgan fingerprint density at radius 2 is 1.58 bits per heavy atom. The highest BCUT2D eigenvalue weighted by Gasteiger charge is 2.40. The Kier molecular flexibility index (Phi) is 3.92. The maximum atomic E-state index is 6.14. The molecule has 0 radical (unpaired) electrons. The molecular formula is C17H31NO. The van der Waals surface area contributed by atoms with E-state index in [-0.39, 0.29) is 5.60 Å². The van der Waals surface area contributed by atoms with Crippen LogP contribution in [-0.2, 0) is 4.74 Å². The zero-order chi connectivity index (χ0) is 13.3. The summed E-state index contributed by atoms with van der Waals surface area (Å²) in [6, 6.07) is 1.49. The highest BCUT2D eigenvalue weighted by molar-refractivity contribution is 4.95. The second kappa shape index (κ2) is 5.37. The standard InChI is InChI=1S/C17H31NO/c1-16(2)10-5-14(6-11-16)18-15-7-12-19-17(13-15)8-3-4-9-17/h14-15,18H,3-13H2,1-2H3. The zero-order valence-electron chi connectivity index (χ0n) is 12.8. The van der Waals surface area contributed by atoms with Crippen LogP contribution in [0.3, 0.4) is 0 Å². The molecule has 3 aliphatic rings. The highest BCUT2D eigenvalue weighted by atomic mass is 16.5. The first-order valence-electron chi connectivity index (χ1n) is 8.47. The lowest BCUT2D eigenvalue weighted by Gasteiger charge is -2.42. The van der Waals surface area contributed by atoms with Gasteiger partial charge >= 0.3 is 0 Å². The van der Waals surface area contributed by atoms with Crippen molar-refractivity contribution < 1.29 is 4.74 Å². The summed E-state index contributed by atoms with van der Waals surface area (Å²) >= 11 is 0. The van der Waals surface area contributed by atoms with Gasteiger partial charge in [-0.05, 0) is 56.8 Å². The largest absolute Gasteiger partial charge is 0.375 e. The minimum Gasteiger partial charge on any atom is -0.375 e. The highest BCUT2D eigenvalue weighted by Crippen LogP contribution is 2.41. The molecule has 1 aliphatic heterocycles. The zero-order valence-corrected chi connectivity index (χ0v) is 12.8. The molecular weight excluding hydrogens is 234 g/mol. The van der Waals surface area contributed by atoms with E-state index in [4.69, 9.17) is 4.74 Å². The molecule has 0 aromatic rings. The summed E-state index contributed by atoms with van der Waals surface area (Å²) in [6.07, 6.45) is 13.4. The summed E-state index contributed by atoms with van der Waals surface area (Å²) in [5, 5.41) is 3.97. The van der Waals surface area contributed by atoms with Crippen molar-refractivity contribution in [3.8, 4) is 0 Å². The molecule has 1 spiro atoms. The molecule has 3 fully saturated rings. The molecule has 2 nitrogen and oxygen atoms in total. The molecule has 0 amide bonds. The monoisotopic (exact) mass is 265 g/mol. The fourth-order valence-electron chi connectivity index (χ4n) is 4.44. The van der Waals surface area contributed by atoms with Gasteiger partial charge in [-0.25, -0.2) is 0 Å². The van der Waals surface area contributed by atoms with E-state index in [1.807, 2.05) is 0 Å². The van der Waals surface area contributed by atoms with E-state index in [9.17, 15) is 0 Å². The molecule has 2 saturated carbocycles. The molecule has 110 valence electrons. The minimum absolute atomic E-state index is 0.268. The first-order valence-corrected chi connectivity index (χ1v) is 8.47. The SMILES string of the molecule is CC1(C)CCC(NC2CCOC3(CCCC3)C2)CC1. The van der Waals surface area contributed by atoms with Gasteiger partial charge in [-0.15, -0.1) is 0 Å². The van der Waals surface area contributed by atoms with Crippen LogP contribution in [0.15, 0.2) is 0 Å². The maximum absolute atomic E-state index is 6.14. The van der Waals surface area contributed by atoms with Crippen molar-refractivity contribution in [2.24, 2.45) is 5.41 Å². The summed E-state index contributed by atoms with van der Waals surface area (Å²) in [5.41, 5.74) is 0.852. The lowest BCUT2D eigenvalue weighted by atomic mass is 9.75. The van der Waals surface area contributed by atoms with E-state index < -0.39 is 0 Å². The average Bonchev–Trinajstić information content (AvgIpc) is 2.80. The Morgan fingerprint density at radius 1 is 0.895 bits per heavy atom. The van der Waals surface area contributed by atoms with Crippen LogP contribution in [0.2, 0.25) is 0 Å². The number of ether oxygens (including phenoxy) is 1. The third-order valence-corrected chi connectivity index (χ3v) is 5.82. The summed E-state index contributed by atoms with van der Waals surface area (Å²) in [7, 11) is 0. The first kappa shape index (κ1) is 13.9. The van der Waals surface area contributed by atoms with Gasteiger partial charge in [0.05, 0.1) is 5.60 Å². The third kappa shape index (κ3) is 3.33. The Hall–Kier alpha value is -0.0800. The molecule has 3 rings (SSSR count). The normalized spacial score (nSPS) is 34.7. The van der Waals surface area contributed by atoms with E-state index in [1.54, 1.807) is 0 Å². The molecule has 0 aromatic heterocycles. The number of hydrogen-bond acceptors (Lipinski definition) is 2. The van der Waals surface area contributed by atoms with Crippen molar-refractivity contribution in [1.82, 2.24) is 5.32 Å². The van der Waals surface area contributed by atoms with Crippen LogP contribution in [0.1, 0.15) is 78.1 Å². The number of nitrogens with one attached hydrogen (secondary N) is 1. The Balaban J connectivity index is 1.50. The van der Waals surface area contributed by atoms with Crippen molar-refractivity contribution in [2.45, 2.75) is 95.7 Å². The van der Waals surface area contributed by atoms with Gasteiger partial charge in [-0.3, -0.25) is 0 Å². The molecule has 19 heavy (non-hydrogen) atoms. The van der Waals surface area contributed by atoms with Crippen LogP contribution < -0.4 is 5.32 Å². The van der Waals surface area contributed by atoms with E-state index in [2.05, 4.69) is 19.2 Å². The van der Waals surface area contributed by atoms with Crippen LogP contribution in [0, 0.1) is 5.41 Å². The predicted octanol–water partition coefficient (Wildman–Crippen LogP) is 4.04. The molecule has 2 heteroatoms. The molecule has 1 heterocycles. The Morgan fingerprint density at radius 3 is 2.26 bits per heavy atom. The predicted molar refractivity (Wildman–Crippen MR) is 79.3 cm³/mol. The maximum Gasteiger partial charge on any atom is 0.0697 e. The van der Waals surface area contributed by atoms with E-state index in [1.165, 1.54) is 64.2 Å². The lowest BCUT2D eigenvalue weighted by molar-refractivity contribution is -0.0854. The van der Waals surface area contributed by atoms with Gasteiger partial charge in [0, 0.05) is 18.7 Å². The van der Waals surface area contributed by atoms with Crippen LogP contribution in [-0.4, -0.2) is 24.3 Å². The summed E-state index contributed by atoms with van der Waals surface area (Å²) in [5.74, 6) is 0. The number of rotatable bonds is 2. The van der Waals surface area contributed by atoms with Crippen molar-refractivity contribution in [2.75, 3.05) is 6.61 Å². The number of hydrogen-bond donors (Lipinski definition) is 1. The summed E-state index contributed by atoms with van der Waals surface area (Å²) in [6.45, 7) is 5.83. The van der Waals surface area contributed by atoms with Gasteiger partial charge in [-0.2, -0.15) is 0 Å². The second-order valence-electron chi connectivity index (χ2n) is 8.03. The molecule has 2 aliphatic carbocycles. The fourth-order valence-corrected chi connectivity index (χ4v) is 4.44. The van der Waals surface area contributed by atoms with Gasteiger partial charge in [0.1, 0.15) is 0 Å². The van der Waals surface area contributed by atoms with Crippen molar-refractivity contribution in [3.05, 3.63) is 0 Å². The average molecular weight is 265 g/mol. The molecule has 0 aromatic carbocycles. The van der Waals surface area contributed by atoms with Gasteiger partial charge < -0.3 is 10.1 Å². The summed E-state index contributed by atoms with van der Waals surface area (Å²) < 4.78 is 6.14. The van der Waals surface area contributed by atoms with Gasteiger partial charge in [-0.1, -0.05) is 26.7 Å². The Bertz CT molecular complexity index is 296. The Labute approximate surface area is 118 Å². The fraction of sp³-hybridized carbons (Fsp3) is 1.00. The molecule has 0 bridgehead atoms. The summed E-state index contributed by atoms with van der Waals surface area (Å²) in [4.78, 5) is 0. The van der Waals surface area contributed by atoms with Crippen molar-refractivity contribution in [3.63, 3.8) is 0 Å². The van der Waals surface area contributed by atoms with Gasteiger partial charge in [0.2, 0.25) is 0 Å². The van der Waals surface area contributed by atoms with Gasteiger partial charge in [0.15, 0.2) is 0 Å².